The number of aromatic nitrogens is 2. The fraction of sp³-hybridized carbons (Fsp3) is 0.438. The van der Waals surface area contributed by atoms with Crippen molar-refractivity contribution in [2.75, 3.05) is 0 Å². The highest BCUT2D eigenvalue weighted by Crippen LogP contribution is 2.14. The van der Waals surface area contributed by atoms with Crippen LogP contribution in [-0.4, -0.2) is 4.98 Å². The third-order valence-corrected chi connectivity index (χ3v) is 3.34. The molecular weight excluding hydrogens is 300 g/mol. The molecule has 0 atom stereocenters. The summed E-state index contributed by atoms with van der Waals surface area (Å²) in [7, 11) is 0. The summed E-state index contributed by atoms with van der Waals surface area (Å²) in [5, 5.41) is 0. The van der Waals surface area contributed by atoms with E-state index in [1.807, 2.05) is 6.20 Å². The molecule has 0 unspecified atom stereocenters. The second-order valence-electron chi connectivity index (χ2n) is 4.93. The number of hydrogen-bond donors (Lipinski definition) is 1. The molecule has 1 aromatic carbocycles. The molecule has 2 aromatic rings. The molecule has 104 valence electrons. The van der Waals surface area contributed by atoms with Crippen LogP contribution in [0.5, 0.6) is 0 Å². The zero-order chi connectivity index (χ0) is 12.8. The predicted molar refractivity (Wildman–Crippen MR) is 75.3 cm³/mol. The zero-order valence-corrected chi connectivity index (χ0v) is 13.4. The molecule has 0 aliphatic rings. The van der Waals surface area contributed by atoms with Crippen LogP contribution in [0.2, 0.25) is 0 Å². The summed E-state index contributed by atoms with van der Waals surface area (Å²) in [6.45, 7) is 5.48. The topological polar surface area (TPSA) is 19.7 Å². The molecule has 1 heterocycles. The third kappa shape index (κ3) is 4.50. The number of halogens is 1. The molecule has 0 spiro atoms. The van der Waals surface area contributed by atoms with Gasteiger partial charge in [-0.2, -0.15) is 0 Å². The minimum Gasteiger partial charge on any atom is -1.00 e. The standard InChI is InChI=1S/C16H22N2.BrH/c1-3-4-5-6-12-18-13-11-17-16(18)15-9-7-14(2)8-10-15;/h7-11,13H,3-6,12H2,1-2H3;1H. The van der Waals surface area contributed by atoms with E-state index in [-0.39, 0.29) is 17.0 Å². The summed E-state index contributed by atoms with van der Waals surface area (Å²) in [5.74, 6) is 1.21. The molecule has 1 aromatic heterocycles. The molecule has 0 bridgehead atoms. The number of hydrogen-bond acceptors (Lipinski definition) is 0. The molecule has 0 saturated carbocycles. The van der Waals surface area contributed by atoms with E-state index in [1.54, 1.807) is 0 Å². The van der Waals surface area contributed by atoms with Crippen LogP contribution in [0.1, 0.15) is 38.2 Å². The molecule has 0 fully saturated rings. The van der Waals surface area contributed by atoms with Crippen molar-refractivity contribution in [2.45, 2.75) is 46.1 Å². The molecule has 0 saturated heterocycles. The lowest BCUT2D eigenvalue weighted by Crippen LogP contribution is -3.00. The Kier molecular flexibility index (Phi) is 6.85. The van der Waals surface area contributed by atoms with Gasteiger partial charge in [-0.25, -0.2) is 9.55 Å². The molecular formula is C16H23BrN2. The van der Waals surface area contributed by atoms with Gasteiger partial charge >= 0.3 is 0 Å². The van der Waals surface area contributed by atoms with Crippen molar-refractivity contribution < 1.29 is 21.5 Å². The number of unbranched alkanes of at least 4 members (excludes halogenated alkanes) is 3. The Balaban J connectivity index is 0.00000180. The largest absolute Gasteiger partial charge is 1.00 e. The van der Waals surface area contributed by atoms with Crippen LogP contribution in [0.4, 0.5) is 0 Å². The maximum absolute atomic E-state index is 3.35. The first-order chi connectivity index (χ1) is 8.81. The van der Waals surface area contributed by atoms with Crippen LogP contribution < -0.4 is 21.5 Å². The number of aryl methyl sites for hydroxylation is 2. The van der Waals surface area contributed by atoms with Crippen LogP contribution >= 0.6 is 0 Å². The fourth-order valence-corrected chi connectivity index (χ4v) is 2.22. The second kappa shape index (κ2) is 8.16. The van der Waals surface area contributed by atoms with Gasteiger partial charge in [0.15, 0.2) is 0 Å². The lowest BCUT2D eigenvalue weighted by molar-refractivity contribution is -0.685. The zero-order valence-electron chi connectivity index (χ0n) is 11.8. The van der Waals surface area contributed by atoms with Crippen molar-refractivity contribution in [3.05, 3.63) is 42.2 Å². The highest BCUT2D eigenvalue weighted by Gasteiger charge is 2.12. The second-order valence-corrected chi connectivity index (χ2v) is 4.93. The van der Waals surface area contributed by atoms with E-state index in [4.69, 9.17) is 0 Å². The number of nitrogens with one attached hydrogen (secondary N) is 1. The van der Waals surface area contributed by atoms with Crippen molar-refractivity contribution in [2.24, 2.45) is 0 Å². The van der Waals surface area contributed by atoms with Gasteiger partial charge < -0.3 is 17.0 Å². The molecule has 0 amide bonds. The van der Waals surface area contributed by atoms with Crippen molar-refractivity contribution in [3.63, 3.8) is 0 Å². The first-order valence-corrected chi connectivity index (χ1v) is 6.95. The van der Waals surface area contributed by atoms with Gasteiger partial charge in [0.1, 0.15) is 12.4 Å². The first kappa shape index (κ1) is 16.0. The predicted octanol–water partition coefficient (Wildman–Crippen LogP) is 0.862. The van der Waals surface area contributed by atoms with Crippen molar-refractivity contribution >= 4 is 0 Å². The van der Waals surface area contributed by atoms with E-state index in [9.17, 15) is 0 Å². The molecule has 0 radical (unpaired) electrons. The Morgan fingerprint density at radius 3 is 2.47 bits per heavy atom. The van der Waals surface area contributed by atoms with Crippen molar-refractivity contribution in [1.29, 1.82) is 0 Å². The Morgan fingerprint density at radius 2 is 1.79 bits per heavy atom. The van der Waals surface area contributed by atoms with Crippen molar-refractivity contribution in [3.8, 4) is 11.4 Å². The summed E-state index contributed by atoms with van der Waals surface area (Å²) < 4.78 is 2.32. The van der Waals surface area contributed by atoms with Gasteiger partial charge in [0.05, 0.1) is 12.1 Å². The van der Waals surface area contributed by atoms with E-state index in [0.29, 0.717) is 0 Å². The number of aromatic amines is 1. The third-order valence-electron chi connectivity index (χ3n) is 3.34. The highest BCUT2D eigenvalue weighted by molar-refractivity contribution is 5.52. The van der Waals surface area contributed by atoms with Gasteiger partial charge in [-0.1, -0.05) is 37.5 Å². The van der Waals surface area contributed by atoms with Crippen LogP contribution in [0.25, 0.3) is 11.4 Å². The monoisotopic (exact) mass is 322 g/mol. The molecule has 0 aliphatic carbocycles. The summed E-state index contributed by atoms with van der Waals surface area (Å²) in [6.07, 6.45) is 9.38. The van der Waals surface area contributed by atoms with Gasteiger partial charge in [0.2, 0.25) is 0 Å². The van der Waals surface area contributed by atoms with Crippen molar-refractivity contribution in [1.82, 2.24) is 4.98 Å². The Morgan fingerprint density at radius 1 is 1.05 bits per heavy atom. The minimum atomic E-state index is 0. The highest BCUT2D eigenvalue weighted by atomic mass is 79.9. The number of rotatable bonds is 6. The quantitative estimate of drug-likeness (QED) is 0.601. The van der Waals surface area contributed by atoms with Crippen LogP contribution in [0.15, 0.2) is 36.7 Å². The molecule has 1 N–H and O–H groups in total. The average molecular weight is 323 g/mol. The normalized spacial score (nSPS) is 10.2. The smallest absolute Gasteiger partial charge is 0.286 e. The fourth-order valence-electron chi connectivity index (χ4n) is 2.22. The lowest BCUT2D eigenvalue weighted by atomic mass is 10.1. The van der Waals surface area contributed by atoms with Gasteiger partial charge in [0.25, 0.3) is 5.82 Å². The first-order valence-electron chi connectivity index (χ1n) is 6.95. The van der Waals surface area contributed by atoms with Gasteiger partial charge in [0, 0.05) is 0 Å². The van der Waals surface area contributed by atoms with E-state index in [2.05, 4.69) is 53.9 Å². The van der Waals surface area contributed by atoms with Crippen LogP contribution in [0.3, 0.4) is 0 Å². The number of benzene rings is 1. The maximum atomic E-state index is 3.35. The maximum Gasteiger partial charge on any atom is 0.286 e. The number of H-pyrrole nitrogens is 1. The molecule has 3 heteroatoms. The minimum absolute atomic E-state index is 0. The average Bonchev–Trinajstić information content (AvgIpc) is 2.84. The van der Waals surface area contributed by atoms with Gasteiger partial charge in [-0.3, -0.25) is 0 Å². The van der Waals surface area contributed by atoms with E-state index in [0.717, 1.165) is 6.54 Å². The van der Waals surface area contributed by atoms with Gasteiger partial charge in [-0.05, 0) is 31.9 Å². The number of imidazole rings is 1. The van der Waals surface area contributed by atoms with Gasteiger partial charge in [-0.15, -0.1) is 0 Å². The molecule has 0 aliphatic heterocycles. The van der Waals surface area contributed by atoms with Crippen LogP contribution in [0, 0.1) is 6.92 Å². The summed E-state index contributed by atoms with van der Waals surface area (Å²) >= 11 is 0. The SMILES string of the molecule is CCCCCC[n+]1cc[nH]c1-c1ccc(C)cc1.[Br-]. The Hall–Kier alpha value is -1.09. The Labute approximate surface area is 126 Å². The van der Waals surface area contributed by atoms with E-state index >= 15 is 0 Å². The van der Waals surface area contributed by atoms with Crippen LogP contribution in [-0.2, 0) is 6.54 Å². The molecule has 19 heavy (non-hydrogen) atoms. The number of nitrogens with zero attached hydrogens (tertiary/aromatic N) is 1. The molecule has 2 rings (SSSR count). The summed E-state index contributed by atoms with van der Waals surface area (Å²) in [6, 6.07) is 8.70. The summed E-state index contributed by atoms with van der Waals surface area (Å²) in [5.41, 5.74) is 2.57. The van der Waals surface area contributed by atoms with E-state index in [1.165, 1.54) is 42.6 Å². The lowest BCUT2D eigenvalue weighted by Gasteiger charge is -2.01. The summed E-state index contributed by atoms with van der Waals surface area (Å²) in [4.78, 5) is 3.35. The molecule has 2 nitrogen and oxygen atoms in total. The van der Waals surface area contributed by atoms with E-state index < -0.39 is 0 Å². The Bertz CT molecular complexity index is 474.